The molecule has 4 unspecified atom stereocenters. The molecule has 0 aromatic rings. The van der Waals surface area contributed by atoms with Gasteiger partial charge in [-0.1, -0.05) is 166 Å². The molecule has 0 bridgehead atoms. The van der Waals surface area contributed by atoms with E-state index in [2.05, 4.69) is 103 Å². The van der Waals surface area contributed by atoms with Gasteiger partial charge >= 0.3 is 23.9 Å². The van der Waals surface area contributed by atoms with Gasteiger partial charge in [0.05, 0.1) is 36.8 Å². The Morgan fingerprint density at radius 2 is 1.02 bits per heavy atom. The Bertz CT molecular complexity index is 1990. The van der Waals surface area contributed by atoms with E-state index in [-0.39, 0.29) is 56.4 Å². The maximum absolute atomic E-state index is 13.5. The summed E-state index contributed by atoms with van der Waals surface area (Å²) in [5.74, 6) is -4.84. The van der Waals surface area contributed by atoms with E-state index in [0.717, 1.165) is 83.6 Å². The van der Waals surface area contributed by atoms with Crippen molar-refractivity contribution in [3.63, 3.8) is 0 Å². The molecule has 0 aromatic carbocycles. The van der Waals surface area contributed by atoms with Crippen LogP contribution in [0.25, 0.3) is 0 Å². The average Bonchev–Trinajstić information content (AvgIpc) is 1.66. The minimum Gasteiger partial charge on any atom is -0.481 e. The molecule has 532 valence electrons. The van der Waals surface area contributed by atoms with Gasteiger partial charge in [0.2, 0.25) is 11.8 Å². The summed E-state index contributed by atoms with van der Waals surface area (Å²) in [5, 5.41) is 38.0. The molecule has 1 aliphatic rings. The monoisotopic (exact) mass is 1300 g/mol. The van der Waals surface area contributed by atoms with Gasteiger partial charge in [0, 0.05) is 52.1 Å². The quantitative estimate of drug-likeness (QED) is 0.0221. The predicted octanol–water partition coefficient (Wildman–Crippen LogP) is 15.9. The highest BCUT2D eigenvalue weighted by Crippen LogP contribution is 2.40. The molecule has 7 N–H and O–H groups in total. The molecule has 18 nitrogen and oxygen atoms in total. The highest BCUT2D eigenvalue weighted by Gasteiger charge is 2.46. The molecule has 1 aliphatic heterocycles. The molecule has 1 rings (SSSR count). The number of ether oxygens (including phenoxy) is 4. The van der Waals surface area contributed by atoms with Gasteiger partial charge in [-0.3, -0.25) is 14.4 Å². The lowest BCUT2D eigenvalue weighted by Crippen LogP contribution is -2.51. The number of carboxylic acids is 3. The summed E-state index contributed by atoms with van der Waals surface area (Å²) in [6.45, 7) is 13.5. The maximum atomic E-state index is 13.5. The van der Waals surface area contributed by atoms with Crippen molar-refractivity contribution in [2.45, 2.75) is 328 Å². The summed E-state index contributed by atoms with van der Waals surface area (Å²) < 4.78 is 26.7. The van der Waals surface area contributed by atoms with Crippen molar-refractivity contribution in [3.8, 4) is 0 Å². The fraction of sp³-hybridized carbons (Fsp3) is 0.811. The minimum atomic E-state index is -1.50. The van der Waals surface area contributed by atoms with E-state index in [9.17, 15) is 39.0 Å². The van der Waals surface area contributed by atoms with Crippen LogP contribution in [-0.4, -0.2) is 146 Å². The molecule has 0 aliphatic carbocycles. The maximum Gasteiger partial charge on any atom is 0.326 e. The molecule has 0 radical (unpaired) electrons. The molecule has 0 spiro atoms. The second-order valence-corrected chi connectivity index (χ2v) is 26.2. The molecule has 6 atom stereocenters. The molecule has 0 aromatic heterocycles. The number of allylic oxidation sites excluding steroid dienone is 8. The largest absolute Gasteiger partial charge is 0.481 e. The van der Waals surface area contributed by atoms with Crippen LogP contribution >= 0.6 is 0 Å². The van der Waals surface area contributed by atoms with Crippen LogP contribution in [0, 0.1) is 5.41 Å². The normalized spacial score (nSPS) is 16.6. The third kappa shape index (κ3) is 45.7. The first-order valence-corrected chi connectivity index (χ1v) is 36.5. The van der Waals surface area contributed by atoms with E-state index in [1.54, 1.807) is 0 Å². The number of amides is 4. The summed E-state index contributed by atoms with van der Waals surface area (Å²) in [4.78, 5) is 74.9. The van der Waals surface area contributed by atoms with Crippen LogP contribution in [0.1, 0.15) is 291 Å². The Kier molecular flexibility index (Phi) is 52.6. The number of unbranched alkanes of at least 4 members (excludes halogenated alkanes) is 22. The first-order chi connectivity index (χ1) is 44.4. The van der Waals surface area contributed by atoms with Crippen molar-refractivity contribution in [3.05, 3.63) is 48.6 Å². The summed E-state index contributed by atoms with van der Waals surface area (Å²) in [5.41, 5.74) is -0.777. The third-order valence-electron chi connectivity index (χ3n) is 17.5. The Hall–Kier alpha value is -4.62. The Morgan fingerprint density at radius 3 is 1.52 bits per heavy atom. The summed E-state index contributed by atoms with van der Waals surface area (Å²) in [6, 6.07) is -3.86. The molecule has 4 amide bonds. The standard InChI is InChI=1S/C74H133N5O13/c1-8-12-14-16-18-20-22-24-26-28-30-32-34-36-38-43-53-74(54-44-39-37-35-33-31-29-27-25-23-21-19-17-15-13-9-2)91-65(51-57-79(6)7)66(92-74)52-59-89-58-47-41-40-45-56-76-71(87)73(5,11-4)61-90-62(10-3)60-67(80)75-55-46-42-48-63(69(83)84)77-72(88)78-64(70(85)86)49-50-68(81)82/h18-21,24-27,62-66H,8-17,22-23,28-61H2,1-7H3,(H,75,80)(H,76,87)(H,81,82)(H,83,84)(H,85,86)(H2,77,78,88)/b20-18-,21-19-,26-24-,27-25-/t62?,63-,64-,65?,66?,73?/m1/s1. The lowest BCUT2D eigenvalue weighted by molar-refractivity contribution is -0.188. The van der Waals surface area contributed by atoms with Crippen LogP contribution in [-0.2, 0) is 42.9 Å². The van der Waals surface area contributed by atoms with Gasteiger partial charge in [0.25, 0.3) is 0 Å². The Labute approximate surface area is 557 Å². The molecule has 1 heterocycles. The summed E-state index contributed by atoms with van der Waals surface area (Å²) >= 11 is 0. The lowest BCUT2D eigenvalue weighted by atomic mass is 9.87. The zero-order valence-electron chi connectivity index (χ0n) is 58.9. The molecule has 0 saturated carbocycles. The predicted molar refractivity (Wildman–Crippen MR) is 372 cm³/mol. The number of hydrogen-bond donors (Lipinski definition) is 7. The fourth-order valence-corrected chi connectivity index (χ4v) is 11.2. The average molecular weight is 1300 g/mol. The highest BCUT2D eigenvalue weighted by atomic mass is 16.8. The first kappa shape index (κ1) is 85.4. The van der Waals surface area contributed by atoms with Crippen LogP contribution in [0.5, 0.6) is 0 Å². The third-order valence-corrected chi connectivity index (χ3v) is 17.5. The molecule has 92 heavy (non-hydrogen) atoms. The van der Waals surface area contributed by atoms with E-state index < -0.39 is 59.7 Å². The van der Waals surface area contributed by atoms with Crippen LogP contribution in [0.3, 0.4) is 0 Å². The van der Waals surface area contributed by atoms with Crippen molar-refractivity contribution in [2.75, 3.05) is 53.6 Å². The van der Waals surface area contributed by atoms with E-state index >= 15 is 0 Å². The first-order valence-electron chi connectivity index (χ1n) is 36.5. The summed E-state index contributed by atoms with van der Waals surface area (Å²) in [6.07, 6.45) is 56.4. The number of nitrogens with one attached hydrogen (secondary N) is 4. The van der Waals surface area contributed by atoms with E-state index in [1.165, 1.54) is 128 Å². The van der Waals surface area contributed by atoms with E-state index in [0.29, 0.717) is 45.4 Å². The number of hydrogen-bond acceptors (Lipinski definition) is 11. The van der Waals surface area contributed by atoms with Gasteiger partial charge in [0.15, 0.2) is 5.79 Å². The number of urea groups is 1. The number of nitrogens with zero attached hydrogens (tertiary/aromatic N) is 1. The molecular formula is C74H133N5O13. The van der Waals surface area contributed by atoms with Gasteiger partial charge in [-0.05, 0) is 162 Å². The van der Waals surface area contributed by atoms with Crippen molar-refractivity contribution in [2.24, 2.45) is 5.41 Å². The number of carbonyl (C=O) groups is 6. The fourth-order valence-electron chi connectivity index (χ4n) is 11.2. The number of carbonyl (C=O) groups excluding carboxylic acids is 3. The van der Waals surface area contributed by atoms with Gasteiger partial charge in [0.1, 0.15) is 12.1 Å². The van der Waals surface area contributed by atoms with Crippen molar-refractivity contribution < 1.29 is 63.0 Å². The number of rotatable bonds is 63. The van der Waals surface area contributed by atoms with Gasteiger partial charge in [-0.2, -0.15) is 0 Å². The zero-order chi connectivity index (χ0) is 67.8. The second kappa shape index (κ2) is 56.7. The van der Waals surface area contributed by atoms with Crippen molar-refractivity contribution in [1.82, 2.24) is 26.2 Å². The van der Waals surface area contributed by atoms with Gasteiger partial charge in [-0.25, -0.2) is 14.4 Å². The highest BCUT2D eigenvalue weighted by molar-refractivity contribution is 5.86. The van der Waals surface area contributed by atoms with E-state index in [1.807, 2.05) is 20.8 Å². The van der Waals surface area contributed by atoms with Crippen LogP contribution in [0.2, 0.25) is 0 Å². The van der Waals surface area contributed by atoms with Crippen LogP contribution in [0.15, 0.2) is 48.6 Å². The lowest BCUT2D eigenvalue weighted by Gasteiger charge is -2.29. The number of aliphatic carboxylic acids is 3. The second-order valence-electron chi connectivity index (χ2n) is 26.2. The SMILES string of the molecule is CCCCC/C=C\C/C=C\CCCCCCCCC1(CCCCCCCC/C=C\C/C=C\CCCCC)OC(CCOCCCCCCNC(=O)C(C)(CC)COC(CC)CC(=O)NCCCC[C@@H](NC(=O)N[C@H](CCC(=O)O)C(=O)O)C(=O)O)C(CCN(C)C)O1. The zero-order valence-corrected chi connectivity index (χ0v) is 58.9. The van der Waals surface area contributed by atoms with Crippen LogP contribution in [0.4, 0.5) is 4.79 Å². The Balaban J connectivity index is 2.59. The molecule has 1 saturated heterocycles. The minimum absolute atomic E-state index is 0.0108. The summed E-state index contributed by atoms with van der Waals surface area (Å²) in [7, 11) is 4.26. The topological polar surface area (TPSA) is 251 Å². The van der Waals surface area contributed by atoms with Gasteiger partial charge < -0.3 is 60.4 Å². The molecule has 1 fully saturated rings. The smallest absolute Gasteiger partial charge is 0.326 e. The van der Waals surface area contributed by atoms with Gasteiger partial charge in [-0.15, -0.1) is 0 Å². The van der Waals surface area contributed by atoms with Crippen molar-refractivity contribution >= 4 is 35.8 Å². The van der Waals surface area contributed by atoms with Crippen LogP contribution < -0.4 is 21.3 Å². The molecule has 18 heteroatoms. The van der Waals surface area contributed by atoms with Crippen molar-refractivity contribution in [1.29, 1.82) is 0 Å². The van der Waals surface area contributed by atoms with E-state index in [4.69, 9.17) is 24.1 Å². The molecular weight excluding hydrogens is 1170 g/mol. The Morgan fingerprint density at radius 1 is 0.554 bits per heavy atom. The number of carboxylic acid groups (broad SMARTS) is 3.